The quantitative estimate of drug-likeness (QED) is 0.854. The molecule has 2 nitrogen and oxygen atoms in total. The summed E-state index contributed by atoms with van der Waals surface area (Å²) in [6.07, 6.45) is 3.14. The van der Waals surface area contributed by atoms with Gasteiger partial charge in [0.05, 0.1) is 5.41 Å². The summed E-state index contributed by atoms with van der Waals surface area (Å²) in [5, 5.41) is 9.50. The molecule has 1 aromatic carbocycles. The first-order valence-corrected chi connectivity index (χ1v) is 6.04. The number of rotatable bonds is 2. The van der Waals surface area contributed by atoms with Gasteiger partial charge >= 0.3 is 5.97 Å². The van der Waals surface area contributed by atoms with Gasteiger partial charge in [-0.25, -0.2) is 4.39 Å². The highest BCUT2D eigenvalue weighted by atomic mass is 19.1. The maximum Gasteiger partial charge on any atom is 0.314 e. The first-order valence-electron chi connectivity index (χ1n) is 6.04. The summed E-state index contributed by atoms with van der Waals surface area (Å²) in [6.45, 7) is 2.15. The van der Waals surface area contributed by atoms with Gasteiger partial charge < -0.3 is 5.11 Å². The Labute approximate surface area is 100 Å². The van der Waals surface area contributed by atoms with Crippen molar-refractivity contribution in [3.8, 4) is 0 Å². The number of aliphatic carboxylic acids is 1. The van der Waals surface area contributed by atoms with Crippen LogP contribution in [-0.4, -0.2) is 11.1 Å². The Balaban J connectivity index is 2.35. The SMILES string of the molecule is CC1CCC(C(=O)O)(c2ccc(F)cc2)CC1. The average Bonchev–Trinajstić information content (AvgIpc) is 2.31. The summed E-state index contributed by atoms with van der Waals surface area (Å²) in [5.41, 5.74) is -0.0708. The second-order valence-electron chi connectivity index (χ2n) is 5.08. The van der Waals surface area contributed by atoms with Crippen LogP contribution in [0.4, 0.5) is 4.39 Å². The number of benzene rings is 1. The van der Waals surface area contributed by atoms with E-state index in [9.17, 15) is 14.3 Å². The van der Waals surface area contributed by atoms with E-state index in [2.05, 4.69) is 6.92 Å². The van der Waals surface area contributed by atoms with Gasteiger partial charge in [-0.2, -0.15) is 0 Å². The van der Waals surface area contributed by atoms with E-state index < -0.39 is 11.4 Å². The van der Waals surface area contributed by atoms with Gasteiger partial charge in [-0.3, -0.25) is 4.79 Å². The smallest absolute Gasteiger partial charge is 0.314 e. The Kier molecular flexibility index (Phi) is 3.18. The van der Waals surface area contributed by atoms with Crippen LogP contribution in [0.2, 0.25) is 0 Å². The van der Waals surface area contributed by atoms with Crippen LogP contribution in [0, 0.1) is 11.7 Å². The number of carbonyl (C=O) groups is 1. The van der Waals surface area contributed by atoms with Crippen LogP contribution in [0.15, 0.2) is 24.3 Å². The van der Waals surface area contributed by atoms with E-state index in [1.165, 1.54) is 12.1 Å². The molecule has 0 aromatic heterocycles. The summed E-state index contributed by atoms with van der Waals surface area (Å²) in [4.78, 5) is 11.6. The fourth-order valence-corrected chi connectivity index (χ4v) is 2.65. The fourth-order valence-electron chi connectivity index (χ4n) is 2.65. The van der Waals surface area contributed by atoms with E-state index in [1.807, 2.05) is 0 Å². The predicted molar refractivity (Wildman–Crippen MR) is 63.3 cm³/mol. The van der Waals surface area contributed by atoms with Crippen molar-refractivity contribution in [2.24, 2.45) is 5.92 Å². The fraction of sp³-hybridized carbons (Fsp3) is 0.500. The van der Waals surface area contributed by atoms with Gasteiger partial charge in [-0.05, 0) is 49.3 Å². The number of hydrogen-bond donors (Lipinski definition) is 1. The van der Waals surface area contributed by atoms with E-state index in [4.69, 9.17) is 0 Å². The van der Waals surface area contributed by atoms with Crippen molar-refractivity contribution in [3.63, 3.8) is 0 Å². The predicted octanol–water partition coefficient (Wildman–Crippen LogP) is 3.36. The zero-order valence-corrected chi connectivity index (χ0v) is 9.95. The van der Waals surface area contributed by atoms with E-state index in [-0.39, 0.29) is 5.82 Å². The minimum Gasteiger partial charge on any atom is -0.481 e. The van der Waals surface area contributed by atoms with Crippen LogP contribution in [-0.2, 0) is 10.2 Å². The summed E-state index contributed by atoms with van der Waals surface area (Å²) >= 11 is 0. The van der Waals surface area contributed by atoms with E-state index in [1.54, 1.807) is 12.1 Å². The van der Waals surface area contributed by atoms with Crippen molar-refractivity contribution in [1.29, 1.82) is 0 Å². The Bertz CT molecular complexity index is 403. The summed E-state index contributed by atoms with van der Waals surface area (Å²) in [6, 6.07) is 5.91. The van der Waals surface area contributed by atoms with E-state index in [0.717, 1.165) is 18.4 Å². The summed E-state index contributed by atoms with van der Waals surface area (Å²) in [7, 11) is 0. The Morgan fingerprint density at radius 1 is 1.29 bits per heavy atom. The van der Waals surface area contributed by atoms with Crippen LogP contribution in [0.3, 0.4) is 0 Å². The van der Waals surface area contributed by atoms with Gasteiger partial charge in [0.25, 0.3) is 0 Å². The Morgan fingerprint density at radius 3 is 2.29 bits per heavy atom. The van der Waals surface area contributed by atoms with Crippen molar-refractivity contribution >= 4 is 5.97 Å². The van der Waals surface area contributed by atoms with Gasteiger partial charge in [0.1, 0.15) is 5.82 Å². The molecule has 1 N–H and O–H groups in total. The highest BCUT2D eigenvalue weighted by Crippen LogP contribution is 2.41. The molecule has 0 unspecified atom stereocenters. The largest absolute Gasteiger partial charge is 0.481 e. The molecular formula is C14H17FO2. The lowest BCUT2D eigenvalue weighted by Gasteiger charge is -2.36. The molecule has 0 aliphatic heterocycles. The van der Waals surface area contributed by atoms with Gasteiger partial charge in [0.2, 0.25) is 0 Å². The van der Waals surface area contributed by atoms with Crippen molar-refractivity contribution in [1.82, 2.24) is 0 Å². The minimum absolute atomic E-state index is 0.321. The molecule has 0 saturated heterocycles. The van der Waals surface area contributed by atoms with Crippen molar-refractivity contribution in [3.05, 3.63) is 35.6 Å². The molecule has 0 radical (unpaired) electrons. The molecule has 1 aliphatic carbocycles. The topological polar surface area (TPSA) is 37.3 Å². The number of carboxylic acid groups (broad SMARTS) is 1. The minimum atomic E-state index is -0.805. The highest BCUT2D eigenvalue weighted by Gasteiger charge is 2.42. The number of halogens is 1. The van der Waals surface area contributed by atoms with Crippen LogP contribution >= 0.6 is 0 Å². The molecule has 1 aromatic rings. The monoisotopic (exact) mass is 236 g/mol. The van der Waals surface area contributed by atoms with Gasteiger partial charge in [0.15, 0.2) is 0 Å². The van der Waals surface area contributed by atoms with Gasteiger partial charge in [-0.15, -0.1) is 0 Å². The second-order valence-corrected chi connectivity index (χ2v) is 5.08. The lowest BCUT2D eigenvalue weighted by molar-refractivity contribution is -0.145. The maximum atomic E-state index is 12.9. The highest BCUT2D eigenvalue weighted by molar-refractivity contribution is 5.81. The van der Waals surface area contributed by atoms with Gasteiger partial charge in [-0.1, -0.05) is 19.1 Å². The van der Waals surface area contributed by atoms with Gasteiger partial charge in [0, 0.05) is 0 Å². The molecule has 1 aliphatic rings. The first kappa shape index (κ1) is 12.1. The molecule has 0 bridgehead atoms. The third-order valence-corrected chi connectivity index (χ3v) is 3.93. The van der Waals surface area contributed by atoms with Crippen LogP contribution in [0.1, 0.15) is 38.2 Å². The normalized spacial score (nSPS) is 28.9. The molecule has 0 atom stereocenters. The number of hydrogen-bond acceptors (Lipinski definition) is 1. The van der Waals surface area contributed by atoms with Crippen LogP contribution < -0.4 is 0 Å². The molecule has 2 rings (SSSR count). The van der Waals surface area contributed by atoms with E-state index >= 15 is 0 Å². The van der Waals surface area contributed by atoms with Crippen molar-refractivity contribution in [2.75, 3.05) is 0 Å². The maximum absolute atomic E-state index is 12.9. The Hall–Kier alpha value is -1.38. The van der Waals surface area contributed by atoms with Crippen LogP contribution in [0.5, 0.6) is 0 Å². The molecule has 1 fully saturated rings. The second kappa shape index (κ2) is 4.47. The lowest BCUT2D eigenvalue weighted by Crippen LogP contribution is -2.39. The molecule has 17 heavy (non-hydrogen) atoms. The van der Waals surface area contributed by atoms with Crippen LogP contribution in [0.25, 0.3) is 0 Å². The standard InChI is InChI=1S/C14H17FO2/c1-10-6-8-14(9-7-10,13(16)17)11-2-4-12(15)5-3-11/h2-5,10H,6-9H2,1H3,(H,16,17). The molecule has 1 saturated carbocycles. The van der Waals surface area contributed by atoms with Crippen molar-refractivity contribution in [2.45, 2.75) is 38.0 Å². The lowest BCUT2D eigenvalue weighted by atomic mass is 9.67. The molecule has 3 heteroatoms. The molecule has 0 heterocycles. The molecule has 0 spiro atoms. The number of carboxylic acids is 1. The summed E-state index contributed by atoms with van der Waals surface area (Å²) < 4.78 is 12.9. The molecule has 92 valence electrons. The molecular weight excluding hydrogens is 219 g/mol. The Morgan fingerprint density at radius 2 is 1.82 bits per heavy atom. The average molecular weight is 236 g/mol. The third kappa shape index (κ3) is 2.19. The van der Waals surface area contributed by atoms with Crippen molar-refractivity contribution < 1.29 is 14.3 Å². The summed E-state index contributed by atoms with van der Waals surface area (Å²) in [5.74, 6) is -0.516. The van der Waals surface area contributed by atoms with E-state index in [0.29, 0.717) is 18.8 Å². The zero-order chi connectivity index (χ0) is 12.5. The zero-order valence-electron chi connectivity index (χ0n) is 9.95. The molecule has 0 amide bonds. The first-order chi connectivity index (χ1) is 8.04. The third-order valence-electron chi connectivity index (χ3n) is 3.93.